The smallest absolute Gasteiger partial charge is 0.228 e. The average molecular weight is 265 g/mol. The Morgan fingerprint density at radius 2 is 1.90 bits per heavy atom. The summed E-state index contributed by atoms with van der Waals surface area (Å²) in [5.41, 5.74) is 2.46. The fourth-order valence-electron chi connectivity index (χ4n) is 2.48. The van der Waals surface area contributed by atoms with Crippen LogP contribution in [0.15, 0.2) is 54.6 Å². The molecule has 0 bridgehead atoms. The van der Waals surface area contributed by atoms with Gasteiger partial charge in [0, 0.05) is 17.2 Å². The minimum Gasteiger partial charge on any atom is -0.326 e. The maximum absolute atomic E-state index is 12.2. The molecule has 2 unspecified atom stereocenters. The van der Waals surface area contributed by atoms with Crippen LogP contribution in [0.4, 0.5) is 5.69 Å². The van der Waals surface area contributed by atoms with Gasteiger partial charge in [-0.2, -0.15) is 0 Å². The highest BCUT2D eigenvalue weighted by atomic mass is 16.2. The third kappa shape index (κ3) is 2.62. The lowest BCUT2D eigenvalue weighted by atomic mass is 10.1. The number of hydrogen-bond donors (Lipinski definition) is 1. The number of rotatable bonds is 4. The van der Waals surface area contributed by atoms with E-state index in [0.717, 1.165) is 12.7 Å². The molecule has 1 aliphatic carbocycles. The molecule has 1 saturated carbocycles. The summed E-state index contributed by atoms with van der Waals surface area (Å²) in [5, 5.41) is 2.88. The van der Waals surface area contributed by atoms with Gasteiger partial charge in [-0.3, -0.25) is 9.59 Å². The minimum atomic E-state index is 0.0295. The molecule has 2 atom stereocenters. The van der Waals surface area contributed by atoms with Crippen LogP contribution in [0.25, 0.3) is 0 Å². The summed E-state index contributed by atoms with van der Waals surface area (Å²) in [6, 6.07) is 17.1. The van der Waals surface area contributed by atoms with Gasteiger partial charge in [-0.15, -0.1) is 0 Å². The van der Waals surface area contributed by atoms with Crippen LogP contribution in [-0.2, 0) is 4.79 Å². The van der Waals surface area contributed by atoms with Gasteiger partial charge in [-0.1, -0.05) is 42.5 Å². The zero-order valence-corrected chi connectivity index (χ0v) is 11.0. The predicted molar refractivity (Wildman–Crippen MR) is 77.7 cm³/mol. The first-order valence-electron chi connectivity index (χ1n) is 6.69. The average Bonchev–Trinajstić information content (AvgIpc) is 3.29. The van der Waals surface area contributed by atoms with Crippen LogP contribution in [0.3, 0.4) is 0 Å². The summed E-state index contributed by atoms with van der Waals surface area (Å²) in [6.07, 6.45) is 1.67. The van der Waals surface area contributed by atoms with Gasteiger partial charge in [-0.25, -0.2) is 0 Å². The first-order valence-corrected chi connectivity index (χ1v) is 6.69. The first kappa shape index (κ1) is 12.6. The summed E-state index contributed by atoms with van der Waals surface area (Å²) >= 11 is 0. The molecule has 100 valence electrons. The molecule has 1 fully saturated rings. The van der Waals surface area contributed by atoms with Crippen LogP contribution in [0, 0.1) is 5.92 Å². The Hall–Kier alpha value is -2.42. The molecule has 1 N–H and O–H groups in total. The molecule has 0 aliphatic heterocycles. The molecule has 2 aromatic carbocycles. The molecule has 20 heavy (non-hydrogen) atoms. The SMILES string of the molecule is O=Cc1cccc(NC(=O)C2CC2c2ccccc2)c1. The van der Waals surface area contributed by atoms with Crippen LogP contribution in [-0.4, -0.2) is 12.2 Å². The molecule has 3 nitrogen and oxygen atoms in total. The zero-order chi connectivity index (χ0) is 13.9. The van der Waals surface area contributed by atoms with Gasteiger partial charge in [0.2, 0.25) is 5.91 Å². The third-order valence-corrected chi connectivity index (χ3v) is 3.65. The number of nitrogens with one attached hydrogen (secondary N) is 1. The summed E-state index contributed by atoms with van der Waals surface area (Å²) in [5.74, 6) is 0.393. The molecule has 0 radical (unpaired) electrons. The van der Waals surface area contributed by atoms with E-state index >= 15 is 0 Å². The number of anilines is 1. The lowest BCUT2D eigenvalue weighted by Crippen LogP contribution is -2.14. The Bertz CT molecular complexity index is 636. The van der Waals surface area contributed by atoms with Crippen molar-refractivity contribution in [3.63, 3.8) is 0 Å². The Labute approximate surface area is 117 Å². The van der Waals surface area contributed by atoms with Gasteiger partial charge in [0.05, 0.1) is 0 Å². The lowest BCUT2D eigenvalue weighted by Gasteiger charge is -2.05. The van der Waals surface area contributed by atoms with Crippen LogP contribution in [0.2, 0.25) is 0 Å². The lowest BCUT2D eigenvalue weighted by molar-refractivity contribution is -0.117. The Balaban J connectivity index is 1.65. The fourth-order valence-corrected chi connectivity index (χ4v) is 2.48. The summed E-state index contributed by atoms with van der Waals surface area (Å²) in [4.78, 5) is 22.9. The van der Waals surface area contributed by atoms with Gasteiger partial charge >= 0.3 is 0 Å². The number of carbonyl (C=O) groups is 2. The van der Waals surface area contributed by atoms with Crippen molar-refractivity contribution >= 4 is 17.9 Å². The molecule has 1 amide bonds. The van der Waals surface area contributed by atoms with Crippen molar-refractivity contribution in [3.8, 4) is 0 Å². The van der Waals surface area contributed by atoms with Crippen molar-refractivity contribution < 1.29 is 9.59 Å². The molecule has 2 aromatic rings. The quantitative estimate of drug-likeness (QED) is 0.863. The van der Waals surface area contributed by atoms with E-state index in [0.29, 0.717) is 17.2 Å². The standard InChI is InChI=1S/C17H15NO2/c19-11-12-5-4-8-14(9-12)18-17(20)16-10-15(16)13-6-2-1-3-7-13/h1-9,11,15-16H,10H2,(H,18,20). The van der Waals surface area contributed by atoms with Crippen molar-refractivity contribution in [1.29, 1.82) is 0 Å². The number of aldehydes is 1. The molecular formula is C17H15NO2. The van der Waals surface area contributed by atoms with Crippen molar-refractivity contribution in [2.75, 3.05) is 5.32 Å². The minimum absolute atomic E-state index is 0.0295. The first-order chi connectivity index (χ1) is 9.78. The van der Waals surface area contributed by atoms with Crippen molar-refractivity contribution in [1.82, 2.24) is 0 Å². The van der Waals surface area contributed by atoms with Gasteiger partial charge < -0.3 is 5.32 Å². The molecule has 3 heteroatoms. The maximum Gasteiger partial charge on any atom is 0.228 e. The number of benzene rings is 2. The van der Waals surface area contributed by atoms with E-state index in [-0.39, 0.29) is 11.8 Å². The van der Waals surface area contributed by atoms with Gasteiger partial charge in [0.25, 0.3) is 0 Å². The topological polar surface area (TPSA) is 46.2 Å². The Morgan fingerprint density at radius 3 is 2.65 bits per heavy atom. The van der Waals surface area contributed by atoms with E-state index in [1.54, 1.807) is 24.3 Å². The normalized spacial score (nSPS) is 20.2. The van der Waals surface area contributed by atoms with E-state index in [2.05, 4.69) is 17.4 Å². The van der Waals surface area contributed by atoms with Crippen LogP contribution in [0.1, 0.15) is 28.3 Å². The van der Waals surface area contributed by atoms with Gasteiger partial charge in [0.15, 0.2) is 0 Å². The van der Waals surface area contributed by atoms with Gasteiger partial charge in [0.1, 0.15) is 6.29 Å². The molecular weight excluding hydrogens is 250 g/mol. The molecule has 0 spiro atoms. The second-order valence-corrected chi connectivity index (χ2v) is 5.09. The Morgan fingerprint density at radius 1 is 1.10 bits per heavy atom. The van der Waals surface area contributed by atoms with Crippen molar-refractivity contribution in [2.45, 2.75) is 12.3 Å². The van der Waals surface area contributed by atoms with Crippen LogP contribution in [0.5, 0.6) is 0 Å². The van der Waals surface area contributed by atoms with Crippen LogP contribution < -0.4 is 5.32 Å². The predicted octanol–water partition coefficient (Wildman–Crippen LogP) is 3.24. The molecule has 0 aromatic heterocycles. The summed E-state index contributed by atoms with van der Waals surface area (Å²) < 4.78 is 0. The second kappa shape index (κ2) is 5.29. The van der Waals surface area contributed by atoms with E-state index in [9.17, 15) is 9.59 Å². The van der Waals surface area contributed by atoms with E-state index in [1.165, 1.54) is 5.56 Å². The number of carbonyl (C=O) groups excluding carboxylic acids is 2. The molecule has 1 aliphatic rings. The number of amides is 1. The van der Waals surface area contributed by atoms with Crippen molar-refractivity contribution in [2.24, 2.45) is 5.92 Å². The van der Waals surface area contributed by atoms with E-state index in [4.69, 9.17) is 0 Å². The number of hydrogen-bond acceptors (Lipinski definition) is 2. The highest BCUT2D eigenvalue weighted by Crippen LogP contribution is 2.47. The fraction of sp³-hybridized carbons (Fsp3) is 0.176. The van der Waals surface area contributed by atoms with E-state index < -0.39 is 0 Å². The van der Waals surface area contributed by atoms with E-state index in [1.807, 2.05) is 18.2 Å². The summed E-state index contributed by atoms with van der Waals surface area (Å²) in [7, 11) is 0. The highest BCUT2D eigenvalue weighted by molar-refractivity contribution is 5.95. The van der Waals surface area contributed by atoms with Crippen LogP contribution >= 0.6 is 0 Å². The largest absolute Gasteiger partial charge is 0.326 e. The summed E-state index contributed by atoms with van der Waals surface area (Å²) in [6.45, 7) is 0. The third-order valence-electron chi connectivity index (χ3n) is 3.65. The van der Waals surface area contributed by atoms with Crippen molar-refractivity contribution in [3.05, 3.63) is 65.7 Å². The second-order valence-electron chi connectivity index (χ2n) is 5.09. The van der Waals surface area contributed by atoms with Gasteiger partial charge in [-0.05, 0) is 30.0 Å². The Kier molecular flexibility index (Phi) is 3.33. The molecule has 0 saturated heterocycles. The highest BCUT2D eigenvalue weighted by Gasteiger charge is 2.43. The molecule has 3 rings (SSSR count). The monoisotopic (exact) mass is 265 g/mol. The zero-order valence-electron chi connectivity index (χ0n) is 11.0. The maximum atomic E-state index is 12.2. The molecule has 0 heterocycles.